The second kappa shape index (κ2) is 9.19. The van der Waals surface area contributed by atoms with E-state index in [2.05, 4.69) is 15.4 Å². The number of halogens is 3. The van der Waals surface area contributed by atoms with E-state index in [1.54, 1.807) is 36.4 Å². The zero-order valence-electron chi connectivity index (χ0n) is 14.6. The standard InChI is InChI=1S/C19H14Cl3N3O2S2/c20-12-1-3-15(4-2-12)23-19(28)24-16-5-7-18(8-6-16)29(26,27)25-17-10-13(21)9-14(22)11-17/h1-11,25H,(H2,23,24,28). The SMILES string of the molecule is O=S(=O)(Nc1cc(Cl)cc(Cl)c1)c1ccc(NC(=S)Nc2ccc(Cl)cc2)cc1. The van der Waals surface area contributed by atoms with Crippen LogP contribution in [0.2, 0.25) is 15.1 Å². The Morgan fingerprint density at radius 1 is 0.690 bits per heavy atom. The Morgan fingerprint density at radius 2 is 1.17 bits per heavy atom. The Bertz CT molecular complexity index is 1120. The van der Waals surface area contributed by atoms with Gasteiger partial charge in [0.25, 0.3) is 10.0 Å². The Kier molecular flexibility index (Phi) is 6.87. The molecule has 0 radical (unpaired) electrons. The molecule has 0 atom stereocenters. The molecule has 0 unspecified atom stereocenters. The summed E-state index contributed by atoms with van der Waals surface area (Å²) >= 11 is 22.9. The van der Waals surface area contributed by atoms with Crippen molar-refractivity contribution in [2.45, 2.75) is 4.90 Å². The van der Waals surface area contributed by atoms with Crippen LogP contribution in [-0.2, 0) is 10.0 Å². The van der Waals surface area contributed by atoms with E-state index in [0.717, 1.165) is 5.69 Å². The van der Waals surface area contributed by atoms with E-state index in [4.69, 9.17) is 47.0 Å². The van der Waals surface area contributed by atoms with Gasteiger partial charge in [0.15, 0.2) is 5.11 Å². The quantitative estimate of drug-likeness (QED) is 0.371. The van der Waals surface area contributed by atoms with Crippen molar-refractivity contribution in [1.29, 1.82) is 0 Å². The molecule has 0 spiro atoms. The summed E-state index contributed by atoms with van der Waals surface area (Å²) in [6, 6.07) is 17.7. The van der Waals surface area contributed by atoms with E-state index >= 15 is 0 Å². The van der Waals surface area contributed by atoms with Gasteiger partial charge in [-0.15, -0.1) is 0 Å². The van der Waals surface area contributed by atoms with Crippen LogP contribution in [0, 0.1) is 0 Å². The monoisotopic (exact) mass is 485 g/mol. The molecule has 5 nitrogen and oxygen atoms in total. The highest BCUT2D eigenvalue weighted by Crippen LogP contribution is 2.25. The fraction of sp³-hybridized carbons (Fsp3) is 0. The topological polar surface area (TPSA) is 70.2 Å². The van der Waals surface area contributed by atoms with Crippen molar-refractivity contribution in [3.05, 3.63) is 81.8 Å². The number of hydrogen-bond donors (Lipinski definition) is 3. The summed E-state index contributed by atoms with van der Waals surface area (Å²) in [5.41, 5.74) is 1.68. The van der Waals surface area contributed by atoms with Gasteiger partial charge in [-0.3, -0.25) is 4.72 Å². The van der Waals surface area contributed by atoms with E-state index in [-0.39, 0.29) is 10.6 Å². The van der Waals surface area contributed by atoms with Crippen molar-refractivity contribution in [3.8, 4) is 0 Å². The number of hydrogen-bond acceptors (Lipinski definition) is 3. The van der Waals surface area contributed by atoms with Gasteiger partial charge in [0, 0.05) is 26.4 Å². The Balaban J connectivity index is 1.67. The number of nitrogens with one attached hydrogen (secondary N) is 3. The molecule has 0 fully saturated rings. The Labute approximate surface area is 189 Å². The van der Waals surface area contributed by atoms with E-state index in [1.807, 2.05) is 0 Å². The van der Waals surface area contributed by atoms with Crippen LogP contribution in [0.3, 0.4) is 0 Å². The van der Waals surface area contributed by atoms with Crippen LogP contribution in [0.4, 0.5) is 17.1 Å². The van der Waals surface area contributed by atoms with Gasteiger partial charge >= 0.3 is 0 Å². The van der Waals surface area contributed by atoms with E-state index in [9.17, 15) is 8.42 Å². The maximum atomic E-state index is 12.6. The first-order chi connectivity index (χ1) is 13.7. The third-order valence-corrected chi connectivity index (χ3v) is 5.93. The largest absolute Gasteiger partial charge is 0.332 e. The summed E-state index contributed by atoms with van der Waals surface area (Å²) in [6.45, 7) is 0. The molecule has 0 saturated heterocycles. The van der Waals surface area contributed by atoms with Crippen molar-refractivity contribution < 1.29 is 8.42 Å². The number of rotatable bonds is 5. The van der Waals surface area contributed by atoms with Crippen LogP contribution in [0.1, 0.15) is 0 Å². The molecule has 0 aliphatic carbocycles. The minimum atomic E-state index is -3.80. The van der Waals surface area contributed by atoms with Crippen LogP contribution in [0.25, 0.3) is 0 Å². The van der Waals surface area contributed by atoms with Gasteiger partial charge in [-0.05, 0) is 78.9 Å². The smallest absolute Gasteiger partial charge is 0.261 e. The van der Waals surface area contributed by atoms with Crippen molar-refractivity contribution in [2.75, 3.05) is 15.4 Å². The molecule has 10 heteroatoms. The van der Waals surface area contributed by atoms with Crippen LogP contribution >= 0.6 is 47.0 Å². The number of sulfonamides is 1. The van der Waals surface area contributed by atoms with Gasteiger partial charge in [0.05, 0.1) is 10.6 Å². The summed E-state index contributed by atoms with van der Waals surface area (Å²) in [5, 5.41) is 7.64. The molecule has 0 heterocycles. The average molecular weight is 487 g/mol. The maximum Gasteiger partial charge on any atom is 0.261 e. The van der Waals surface area contributed by atoms with E-state index in [1.165, 1.54) is 30.3 Å². The molecule has 150 valence electrons. The van der Waals surface area contributed by atoms with Gasteiger partial charge in [-0.2, -0.15) is 0 Å². The maximum absolute atomic E-state index is 12.6. The molecule has 3 rings (SSSR count). The first-order valence-corrected chi connectivity index (χ1v) is 11.2. The van der Waals surface area contributed by atoms with Gasteiger partial charge in [-0.25, -0.2) is 8.42 Å². The average Bonchev–Trinajstić information content (AvgIpc) is 2.63. The molecule has 0 aliphatic heterocycles. The first-order valence-electron chi connectivity index (χ1n) is 8.14. The third kappa shape index (κ3) is 6.22. The zero-order chi connectivity index (χ0) is 21.0. The highest BCUT2D eigenvalue weighted by Gasteiger charge is 2.15. The van der Waals surface area contributed by atoms with Crippen LogP contribution in [0.15, 0.2) is 71.6 Å². The molecule has 0 amide bonds. The van der Waals surface area contributed by atoms with Gasteiger partial charge in [0.2, 0.25) is 0 Å². The summed E-state index contributed by atoms with van der Waals surface area (Å²) in [5.74, 6) is 0. The molecule has 0 bridgehead atoms. The van der Waals surface area contributed by atoms with Crippen molar-refractivity contribution in [3.63, 3.8) is 0 Å². The third-order valence-electron chi connectivity index (χ3n) is 3.64. The molecular formula is C19H14Cl3N3O2S2. The van der Waals surface area contributed by atoms with Gasteiger partial charge in [0.1, 0.15) is 0 Å². The molecular weight excluding hydrogens is 473 g/mol. The predicted octanol–water partition coefficient (Wildman–Crippen LogP) is 6.26. The fourth-order valence-corrected chi connectivity index (χ4v) is 4.30. The van der Waals surface area contributed by atoms with Crippen molar-refractivity contribution in [1.82, 2.24) is 0 Å². The molecule has 3 N–H and O–H groups in total. The minimum absolute atomic E-state index is 0.0794. The van der Waals surface area contributed by atoms with Crippen LogP contribution in [0.5, 0.6) is 0 Å². The molecule has 0 aromatic heterocycles. The lowest BCUT2D eigenvalue weighted by Crippen LogP contribution is -2.19. The molecule has 0 aliphatic rings. The molecule has 3 aromatic rings. The number of thiocarbonyl (C=S) groups is 1. The fourth-order valence-electron chi connectivity index (χ4n) is 2.37. The molecule has 29 heavy (non-hydrogen) atoms. The minimum Gasteiger partial charge on any atom is -0.332 e. The number of anilines is 3. The van der Waals surface area contributed by atoms with Crippen LogP contribution in [-0.4, -0.2) is 13.5 Å². The van der Waals surface area contributed by atoms with Gasteiger partial charge in [-0.1, -0.05) is 34.8 Å². The van der Waals surface area contributed by atoms with Crippen molar-refractivity contribution in [2.24, 2.45) is 0 Å². The summed E-state index contributed by atoms with van der Waals surface area (Å²) < 4.78 is 27.6. The van der Waals surface area contributed by atoms with E-state index < -0.39 is 10.0 Å². The lowest BCUT2D eigenvalue weighted by Gasteiger charge is -2.12. The first kappa shape index (κ1) is 21.7. The van der Waals surface area contributed by atoms with Crippen LogP contribution < -0.4 is 15.4 Å². The summed E-state index contributed by atoms with van der Waals surface area (Å²) in [7, 11) is -3.80. The highest BCUT2D eigenvalue weighted by atomic mass is 35.5. The summed E-state index contributed by atoms with van der Waals surface area (Å²) in [4.78, 5) is 0.0794. The summed E-state index contributed by atoms with van der Waals surface area (Å²) in [6.07, 6.45) is 0. The lowest BCUT2D eigenvalue weighted by molar-refractivity contribution is 0.601. The normalized spacial score (nSPS) is 11.0. The van der Waals surface area contributed by atoms with E-state index in [0.29, 0.717) is 25.9 Å². The highest BCUT2D eigenvalue weighted by molar-refractivity contribution is 7.92. The Hall–Kier alpha value is -2.03. The second-order valence-electron chi connectivity index (χ2n) is 5.87. The Morgan fingerprint density at radius 3 is 1.69 bits per heavy atom. The second-order valence-corrected chi connectivity index (χ2v) is 9.27. The zero-order valence-corrected chi connectivity index (χ0v) is 18.5. The molecule has 3 aromatic carbocycles. The number of benzene rings is 3. The molecule has 0 saturated carbocycles. The van der Waals surface area contributed by atoms with Crippen molar-refractivity contribution >= 4 is 79.2 Å². The predicted molar refractivity (Wildman–Crippen MR) is 125 cm³/mol. The lowest BCUT2D eigenvalue weighted by atomic mass is 10.3. The van der Waals surface area contributed by atoms with Gasteiger partial charge < -0.3 is 10.6 Å².